The highest BCUT2D eigenvalue weighted by Crippen LogP contribution is 2.43. The van der Waals surface area contributed by atoms with Crippen LogP contribution in [-0.4, -0.2) is 6.54 Å². The van der Waals surface area contributed by atoms with Crippen molar-refractivity contribution in [2.24, 2.45) is 0 Å². The summed E-state index contributed by atoms with van der Waals surface area (Å²) in [4.78, 5) is 0. The topological polar surface area (TPSA) is 12.0 Å². The van der Waals surface area contributed by atoms with Crippen LogP contribution in [0.25, 0.3) is 0 Å². The summed E-state index contributed by atoms with van der Waals surface area (Å²) >= 11 is 0. The van der Waals surface area contributed by atoms with Gasteiger partial charge in [0.2, 0.25) is 0 Å². The summed E-state index contributed by atoms with van der Waals surface area (Å²) in [6.07, 6.45) is 5.47. The molecule has 1 heterocycles. The fourth-order valence-corrected chi connectivity index (χ4v) is 2.54. The van der Waals surface area contributed by atoms with E-state index in [1.807, 2.05) is 13.8 Å². The van der Waals surface area contributed by atoms with Crippen molar-refractivity contribution in [2.75, 3.05) is 6.54 Å². The molecule has 1 aliphatic heterocycles. The molecule has 3 rings (SSSR count). The van der Waals surface area contributed by atoms with Crippen molar-refractivity contribution in [2.45, 2.75) is 51.5 Å². The Balaban J connectivity index is 0.000000457. The average Bonchev–Trinajstić information content (AvgIpc) is 3.07. The predicted octanol–water partition coefficient (Wildman–Crippen LogP) is 4.01. The second-order valence-corrected chi connectivity index (χ2v) is 4.55. The summed E-state index contributed by atoms with van der Waals surface area (Å²) in [5.74, 6) is 0.883. The number of rotatable bonds is 2. The molecule has 1 saturated carbocycles. The molecule has 0 amide bonds. The van der Waals surface area contributed by atoms with Gasteiger partial charge in [-0.15, -0.1) is 0 Å². The first-order chi connectivity index (χ1) is 7.95. The van der Waals surface area contributed by atoms with Crippen molar-refractivity contribution >= 4 is 0 Å². The lowest BCUT2D eigenvalue weighted by atomic mass is 9.96. The second-order valence-electron chi connectivity index (χ2n) is 4.55. The monoisotopic (exact) mass is 217 g/mol. The Kier molecular flexibility index (Phi) is 4.00. The van der Waals surface area contributed by atoms with E-state index in [2.05, 4.69) is 29.6 Å². The van der Waals surface area contributed by atoms with Crippen molar-refractivity contribution in [3.63, 3.8) is 0 Å². The summed E-state index contributed by atoms with van der Waals surface area (Å²) < 4.78 is 0. The zero-order valence-corrected chi connectivity index (χ0v) is 10.5. The summed E-state index contributed by atoms with van der Waals surface area (Å²) in [6.45, 7) is 5.20. The zero-order valence-electron chi connectivity index (χ0n) is 10.5. The normalized spacial score (nSPS) is 23.8. The van der Waals surface area contributed by atoms with E-state index in [9.17, 15) is 0 Å². The van der Waals surface area contributed by atoms with Crippen LogP contribution in [0.3, 0.4) is 0 Å². The molecule has 88 valence electrons. The van der Waals surface area contributed by atoms with Gasteiger partial charge in [0, 0.05) is 6.04 Å². The predicted molar refractivity (Wildman–Crippen MR) is 69.7 cm³/mol. The molecule has 1 nitrogen and oxygen atoms in total. The summed E-state index contributed by atoms with van der Waals surface area (Å²) in [5, 5.41) is 3.60. The average molecular weight is 217 g/mol. The fourth-order valence-electron chi connectivity index (χ4n) is 2.54. The molecule has 0 radical (unpaired) electrons. The molecule has 0 bridgehead atoms. The molecule has 1 aromatic carbocycles. The smallest absolute Gasteiger partial charge is 0.0323 e. The van der Waals surface area contributed by atoms with Crippen molar-refractivity contribution in [3.8, 4) is 0 Å². The minimum Gasteiger partial charge on any atom is -0.310 e. The lowest BCUT2D eigenvalue weighted by Crippen LogP contribution is -2.14. The molecule has 1 unspecified atom stereocenters. The van der Waals surface area contributed by atoms with Crippen molar-refractivity contribution in [1.29, 1.82) is 0 Å². The number of benzene rings is 1. The lowest BCUT2D eigenvalue weighted by molar-refractivity contribution is 0.640. The Morgan fingerprint density at radius 3 is 2.25 bits per heavy atom. The fraction of sp³-hybridized carbons (Fsp3) is 0.600. The van der Waals surface area contributed by atoms with Gasteiger partial charge in [-0.2, -0.15) is 0 Å². The maximum Gasteiger partial charge on any atom is 0.0323 e. The van der Waals surface area contributed by atoms with Crippen LogP contribution in [0.15, 0.2) is 24.3 Å². The van der Waals surface area contributed by atoms with Gasteiger partial charge >= 0.3 is 0 Å². The van der Waals surface area contributed by atoms with E-state index in [-0.39, 0.29) is 0 Å². The van der Waals surface area contributed by atoms with Crippen LogP contribution in [-0.2, 0) is 0 Å². The lowest BCUT2D eigenvalue weighted by Gasteiger charge is -2.15. The van der Waals surface area contributed by atoms with Gasteiger partial charge in [-0.1, -0.05) is 38.1 Å². The van der Waals surface area contributed by atoms with Crippen LogP contribution >= 0.6 is 0 Å². The van der Waals surface area contributed by atoms with Crippen LogP contribution < -0.4 is 5.32 Å². The van der Waals surface area contributed by atoms with Crippen LogP contribution in [0.5, 0.6) is 0 Å². The van der Waals surface area contributed by atoms with Gasteiger partial charge in [-0.05, 0) is 49.3 Å². The molecule has 2 aliphatic rings. The second kappa shape index (κ2) is 5.49. The van der Waals surface area contributed by atoms with E-state index >= 15 is 0 Å². The Hall–Kier alpha value is -0.820. The molecular formula is C15H23N. The van der Waals surface area contributed by atoms with Crippen molar-refractivity contribution in [3.05, 3.63) is 35.4 Å². The molecule has 2 fully saturated rings. The largest absolute Gasteiger partial charge is 0.310 e. The molecule has 0 aromatic heterocycles. The summed E-state index contributed by atoms with van der Waals surface area (Å²) in [5.41, 5.74) is 3.19. The molecule has 16 heavy (non-hydrogen) atoms. The minimum absolute atomic E-state index is 0.645. The summed E-state index contributed by atoms with van der Waals surface area (Å²) in [7, 11) is 0. The van der Waals surface area contributed by atoms with Gasteiger partial charge in [0.15, 0.2) is 0 Å². The maximum atomic E-state index is 3.60. The highest BCUT2D eigenvalue weighted by atomic mass is 14.9. The highest BCUT2D eigenvalue weighted by Gasteiger charge is 2.28. The van der Waals surface area contributed by atoms with Crippen molar-refractivity contribution in [1.82, 2.24) is 5.32 Å². The minimum atomic E-state index is 0.645. The number of hydrogen-bond acceptors (Lipinski definition) is 1. The van der Waals surface area contributed by atoms with Crippen LogP contribution in [0, 0.1) is 0 Å². The molecule has 1 N–H and O–H groups in total. The van der Waals surface area contributed by atoms with E-state index < -0.39 is 0 Å². The molecule has 1 saturated heterocycles. The van der Waals surface area contributed by atoms with E-state index in [1.165, 1.54) is 32.2 Å². The van der Waals surface area contributed by atoms with Crippen LogP contribution in [0.2, 0.25) is 0 Å². The first-order valence-electron chi connectivity index (χ1n) is 6.77. The van der Waals surface area contributed by atoms with Gasteiger partial charge in [0.05, 0.1) is 0 Å². The molecule has 1 heteroatoms. The first-order valence-corrected chi connectivity index (χ1v) is 6.77. The zero-order chi connectivity index (χ0) is 11.4. The Labute approximate surface area is 99.3 Å². The van der Waals surface area contributed by atoms with E-state index in [1.54, 1.807) is 11.1 Å². The van der Waals surface area contributed by atoms with Gasteiger partial charge in [0.25, 0.3) is 0 Å². The Morgan fingerprint density at radius 2 is 1.69 bits per heavy atom. The van der Waals surface area contributed by atoms with Gasteiger partial charge in [-0.25, -0.2) is 0 Å². The third-order valence-electron chi connectivity index (χ3n) is 3.45. The molecule has 1 atom stereocenters. The Morgan fingerprint density at radius 1 is 1.00 bits per heavy atom. The van der Waals surface area contributed by atoms with E-state index in [4.69, 9.17) is 0 Å². The van der Waals surface area contributed by atoms with Gasteiger partial charge in [-0.3, -0.25) is 0 Å². The van der Waals surface area contributed by atoms with E-state index in [0.29, 0.717) is 6.04 Å². The van der Waals surface area contributed by atoms with Gasteiger partial charge in [0.1, 0.15) is 0 Å². The standard InChI is InChI=1S/C13H17N.C2H6/c1-2-5-12(13-6-3-9-14-13)11(4-1)10-7-8-10;1-2/h1-2,4-5,10,13-14H,3,6-9H2;1-2H3. The van der Waals surface area contributed by atoms with E-state index in [0.717, 1.165) is 5.92 Å². The van der Waals surface area contributed by atoms with Crippen molar-refractivity contribution < 1.29 is 0 Å². The van der Waals surface area contributed by atoms with Gasteiger partial charge < -0.3 is 5.32 Å². The number of hydrogen-bond donors (Lipinski definition) is 1. The Bertz CT molecular complexity index is 322. The third kappa shape index (κ3) is 2.46. The molecular weight excluding hydrogens is 194 g/mol. The van der Waals surface area contributed by atoms with Crippen LogP contribution in [0.1, 0.15) is 62.6 Å². The number of nitrogens with one attached hydrogen (secondary N) is 1. The third-order valence-corrected chi connectivity index (χ3v) is 3.45. The maximum absolute atomic E-state index is 3.60. The first kappa shape index (κ1) is 11.7. The molecule has 1 aliphatic carbocycles. The molecule has 0 spiro atoms. The highest BCUT2D eigenvalue weighted by molar-refractivity contribution is 5.35. The summed E-state index contributed by atoms with van der Waals surface area (Å²) in [6, 6.07) is 9.66. The quantitative estimate of drug-likeness (QED) is 0.789. The van der Waals surface area contributed by atoms with Crippen LogP contribution in [0.4, 0.5) is 0 Å². The SMILES string of the molecule is CC.c1ccc(C2CCCN2)c(C2CC2)c1. The molecule has 1 aromatic rings.